The van der Waals surface area contributed by atoms with Gasteiger partial charge in [0.05, 0.1) is 0 Å². The van der Waals surface area contributed by atoms with E-state index < -0.39 is 12.6 Å². The molecule has 0 bridgehead atoms. The molecule has 1 aliphatic rings. The fourth-order valence-electron chi connectivity index (χ4n) is 1.60. The van der Waals surface area contributed by atoms with E-state index in [0.717, 1.165) is 24.6 Å². The molecule has 2 nitrogen and oxygen atoms in total. The Morgan fingerprint density at radius 2 is 2.12 bits per heavy atom. The van der Waals surface area contributed by atoms with Crippen LogP contribution in [-0.2, 0) is 0 Å². The largest absolute Gasteiger partial charge is 0.389 e. The summed E-state index contributed by atoms with van der Waals surface area (Å²) in [4.78, 5) is 0. The number of hydrogen-bond acceptors (Lipinski definition) is 3. The van der Waals surface area contributed by atoms with Crippen LogP contribution in [0.3, 0.4) is 0 Å². The summed E-state index contributed by atoms with van der Waals surface area (Å²) < 4.78 is 35.5. The van der Waals surface area contributed by atoms with Gasteiger partial charge in [0, 0.05) is 37.1 Å². The molecule has 1 fully saturated rings. The SMILES string of the molecule is FC(F)(F)CCCCNCC1CSCCN1. The molecule has 0 aromatic heterocycles. The van der Waals surface area contributed by atoms with Crippen molar-refractivity contribution in [2.24, 2.45) is 0 Å². The topological polar surface area (TPSA) is 24.1 Å². The minimum absolute atomic E-state index is 0.226. The summed E-state index contributed by atoms with van der Waals surface area (Å²) >= 11 is 1.92. The maximum Gasteiger partial charge on any atom is 0.389 e. The molecule has 0 aromatic rings. The smallest absolute Gasteiger partial charge is 0.315 e. The molecular weight excluding hydrogens is 237 g/mol. The van der Waals surface area contributed by atoms with E-state index in [1.54, 1.807) is 0 Å². The lowest BCUT2D eigenvalue weighted by Crippen LogP contribution is -2.44. The standard InChI is InChI=1S/C10H19F3N2S/c11-10(12,13)3-1-2-4-14-7-9-8-16-6-5-15-9/h9,14-15H,1-8H2. The summed E-state index contributed by atoms with van der Waals surface area (Å²) in [6.45, 7) is 2.57. The Balaban J connectivity index is 1.87. The first-order valence-corrected chi connectivity index (χ1v) is 6.82. The second-order valence-electron chi connectivity index (χ2n) is 4.00. The summed E-state index contributed by atoms with van der Waals surface area (Å²) in [5, 5.41) is 6.57. The van der Waals surface area contributed by atoms with Crippen molar-refractivity contribution in [3.8, 4) is 0 Å². The lowest BCUT2D eigenvalue weighted by molar-refractivity contribution is -0.135. The van der Waals surface area contributed by atoms with Crippen molar-refractivity contribution >= 4 is 11.8 Å². The van der Waals surface area contributed by atoms with Gasteiger partial charge in [0.25, 0.3) is 0 Å². The van der Waals surface area contributed by atoms with Gasteiger partial charge in [0.2, 0.25) is 0 Å². The summed E-state index contributed by atoms with van der Waals surface area (Å²) in [5.74, 6) is 2.25. The van der Waals surface area contributed by atoms with E-state index in [9.17, 15) is 13.2 Å². The van der Waals surface area contributed by atoms with E-state index in [2.05, 4.69) is 10.6 Å². The molecule has 0 aliphatic carbocycles. The van der Waals surface area contributed by atoms with Crippen LogP contribution in [0.15, 0.2) is 0 Å². The lowest BCUT2D eigenvalue weighted by Gasteiger charge is -2.23. The predicted molar refractivity (Wildman–Crippen MR) is 61.9 cm³/mol. The van der Waals surface area contributed by atoms with Gasteiger partial charge in [-0.3, -0.25) is 0 Å². The van der Waals surface area contributed by atoms with E-state index in [-0.39, 0.29) is 6.42 Å². The monoisotopic (exact) mass is 256 g/mol. The van der Waals surface area contributed by atoms with Crippen molar-refractivity contribution in [2.75, 3.05) is 31.1 Å². The number of halogens is 3. The van der Waals surface area contributed by atoms with Gasteiger partial charge < -0.3 is 10.6 Å². The molecule has 0 radical (unpaired) electrons. The highest BCUT2D eigenvalue weighted by Crippen LogP contribution is 2.21. The molecule has 16 heavy (non-hydrogen) atoms. The van der Waals surface area contributed by atoms with Crippen LogP contribution >= 0.6 is 11.8 Å². The second-order valence-corrected chi connectivity index (χ2v) is 5.15. The first-order chi connectivity index (χ1) is 7.58. The first kappa shape index (κ1) is 14.1. The Bertz CT molecular complexity index is 181. The summed E-state index contributed by atoms with van der Waals surface area (Å²) in [6.07, 6.45) is -3.84. The molecule has 0 spiro atoms. The van der Waals surface area contributed by atoms with Crippen molar-refractivity contribution in [3.05, 3.63) is 0 Å². The molecule has 1 rings (SSSR count). The van der Waals surface area contributed by atoms with Crippen molar-refractivity contribution in [1.82, 2.24) is 10.6 Å². The second kappa shape index (κ2) is 7.40. The van der Waals surface area contributed by atoms with E-state index in [1.807, 2.05) is 11.8 Å². The van der Waals surface area contributed by atoms with Crippen LogP contribution in [-0.4, -0.2) is 43.4 Å². The Hall–Kier alpha value is 0.0600. The third kappa shape index (κ3) is 7.35. The van der Waals surface area contributed by atoms with Crippen LogP contribution in [0.1, 0.15) is 19.3 Å². The van der Waals surface area contributed by atoms with Gasteiger partial charge in [0.15, 0.2) is 0 Å². The van der Waals surface area contributed by atoms with Crippen LogP contribution in [0.2, 0.25) is 0 Å². The van der Waals surface area contributed by atoms with Gasteiger partial charge in [-0.05, 0) is 19.4 Å². The maximum absolute atomic E-state index is 11.8. The summed E-state index contributed by atoms with van der Waals surface area (Å²) in [5.41, 5.74) is 0. The minimum atomic E-state index is -4.00. The van der Waals surface area contributed by atoms with Crippen molar-refractivity contribution in [2.45, 2.75) is 31.5 Å². The average Bonchev–Trinajstić information content (AvgIpc) is 2.23. The molecule has 1 aliphatic heterocycles. The molecule has 1 unspecified atom stereocenters. The highest BCUT2D eigenvalue weighted by atomic mass is 32.2. The molecular formula is C10H19F3N2S. The molecule has 1 heterocycles. The van der Waals surface area contributed by atoms with Crippen LogP contribution in [0.25, 0.3) is 0 Å². The third-order valence-corrected chi connectivity index (χ3v) is 3.58. The average molecular weight is 256 g/mol. The van der Waals surface area contributed by atoms with Crippen molar-refractivity contribution < 1.29 is 13.2 Å². The van der Waals surface area contributed by atoms with Gasteiger partial charge >= 0.3 is 6.18 Å². The molecule has 1 saturated heterocycles. The number of hydrogen-bond donors (Lipinski definition) is 2. The third-order valence-electron chi connectivity index (χ3n) is 2.45. The predicted octanol–water partition coefficient (Wildman–Crippen LogP) is 2.01. The van der Waals surface area contributed by atoms with Gasteiger partial charge in [-0.1, -0.05) is 0 Å². The minimum Gasteiger partial charge on any atom is -0.315 e. The van der Waals surface area contributed by atoms with Crippen LogP contribution in [0.4, 0.5) is 13.2 Å². The van der Waals surface area contributed by atoms with Crippen molar-refractivity contribution in [1.29, 1.82) is 0 Å². The summed E-state index contributed by atoms with van der Waals surface area (Å²) in [7, 11) is 0. The molecule has 0 saturated carbocycles. The number of nitrogens with one attached hydrogen (secondary N) is 2. The highest BCUT2D eigenvalue weighted by Gasteiger charge is 2.25. The molecule has 0 amide bonds. The van der Waals surface area contributed by atoms with E-state index in [1.165, 1.54) is 0 Å². The van der Waals surface area contributed by atoms with E-state index >= 15 is 0 Å². The zero-order valence-corrected chi connectivity index (χ0v) is 10.1. The maximum atomic E-state index is 11.8. The molecule has 0 aromatic carbocycles. The fourth-order valence-corrected chi connectivity index (χ4v) is 2.55. The first-order valence-electron chi connectivity index (χ1n) is 5.66. The number of alkyl halides is 3. The zero-order chi connectivity index (χ0) is 11.9. The normalized spacial score (nSPS) is 22.3. The van der Waals surface area contributed by atoms with E-state index in [0.29, 0.717) is 19.0 Å². The molecule has 6 heteroatoms. The van der Waals surface area contributed by atoms with Gasteiger partial charge in [-0.2, -0.15) is 24.9 Å². The number of thioether (sulfide) groups is 1. The zero-order valence-electron chi connectivity index (χ0n) is 9.28. The van der Waals surface area contributed by atoms with Crippen LogP contribution in [0, 0.1) is 0 Å². The van der Waals surface area contributed by atoms with E-state index in [4.69, 9.17) is 0 Å². The molecule has 96 valence electrons. The Kier molecular flexibility index (Phi) is 6.53. The Morgan fingerprint density at radius 1 is 1.31 bits per heavy atom. The molecule has 2 N–H and O–H groups in total. The Labute approximate surface area is 98.7 Å². The van der Waals surface area contributed by atoms with Gasteiger partial charge in [-0.25, -0.2) is 0 Å². The quantitative estimate of drug-likeness (QED) is 0.711. The van der Waals surface area contributed by atoms with Crippen molar-refractivity contribution in [3.63, 3.8) is 0 Å². The lowest BCUT2D eigenvalue weighted by atomic mass is 10.2. The number of unbranched alkanes of at least 4 members (excludes halogenated alkanes) is 1. The molecule has 1 atom stereocenters. The van der Waals surface area contributed by atoms with Gasteiger partial charge in [0.1, 0.15) is 0 Å². The summed E-state index contributed by atoms with van der Waals surface area (Å²) in [6, 6.07) is 0.473. The highest BCUT2D eigenvalue weighted by molar-refractivity contribution is 7.99. The number of rotatable bonds is 6. The van der Waals surface area contributed by atoms with Crippen LogP contribution < -0.4 is 10.6 Å². The van der Waals surface area contributed by atoms with Gasteiger partial charge in [-0.15, -0.1) is 0 Å². The fraction of sp³-hybridized carbons (Fsp3) is 1.00. The van der Waals surface area contributed by atoms with Crippen LogP contribution in [0.5, 0.6) is 0 Å². The Morgan fingerprint density at radius 3 is 2.75 bits per heavy atom.